The number of hydrogen-bond acceptors (Lipinski definition) is 4. The smallest absolute Gasteiger partial charge is 0.239 e. The van der Waals surface area contributed by atoms with E-state index < -0.39 is 0 Å². The third kappa shape index (κ3) is 5.14. The van der Waals surface area contributed by atoms with Crippen LogP contribution in [0.15, 0.2) is 29.6 Å². The maximum absolute atomic E-state index is 11.8. The van der Waals surface area contributed by atoms with Gasteiger partial charge in [-0.2, -0.15) is 0 Å². The molecule has 122 valence electrons. The Bertz CT molecular complexity index is 685. The minimum atomic E-state index is -0.206. The molecule has 1 heterocycles. The number of alkyl halides is 1. The summed E-state index contributed by atoms with van der Waals surface area (Å²) < 4.78 is 0. The van der Waals surface area contributed by atoms with Gasteiger partial charge in [0.05, 0.1) is 10.5 Å². The van der Waals surface area contributed by atoms with E-state index in [2.05, 4.69) is 31.5 Å². The number of carbonyl (C=O) groups excluding carboxylic acids is 2. The van der Waals surface area contributed by atoms with E-state index in [9.17, 15) is 9.59 Å². The van der Waals surface area contributed by atoms with Crippen LogP contribution in [0.2, 0.25) is 0 Å². The molecular weight excluding hydrogens is 378 g/mol. The van der Waals surface area contributed by atoms with Crippen LogP contribution in [0.5, 0.6) is 0 Å². The molecule has 0 aliphatic carbocycles. The number of nitrogens with one attached hydrogen (secondary N) is 2. The van der Waals surface area contributed by atoms with Gasteiger partial charge >= 0.3 is 0 Å². The molecule has 0 saturated heterocycles. The lowest BCUT2D eigenvalue weighted by Crippen LogP contribution is -2.21. The molecule has 0 aliphatic heterocycles. The highest BCUT2D eigenvalue weighted by atomic mass is 79.9. The number of rotatable bonds is 6. The Morgan fingerprint density at radius 3 is 2.61 bits per heavy atom. The Hall–Kier alpha value is -1.73. The van der Waals surface area contributed by atoms with Crippen molar-refractivity contribution in [2.24, 2.45) is 0 Å². The van der Waals surface area contributed by atoms with Crippen molar-refractivity contribution >= 4 is 44.2 Å². The van der Waals surface area contributed by atoms with Gasteiger partial charge in [-0.05, 0) is 12.0 Å². The highest BCUT2D eigenvalue weighted by Crippen LogP contribution is 2.25. The molecule has 1 aromatic carbocycles. The standard InChI is InChI=1S/C16H18BrN3O2S/c1-3-13(17)15(22)20-16-19-14(9-23-16)12-6-4-11(5-7-12)8-18-10(2)21/h4-7,9,13H,3,8H2,1-2H3,(H,18,21)(H,19,20,22). The Balaban J connectivity index is 2.02. The van der Waals surface area contributed by atoms with Crippen LogP contribution < -0.4 is 10.6 Å². The van der Waals surface area contributed by atoms with Crippen LogP contribution in [0, 0.1) is 0 Å². The Morgan fingerprint density at radius 2 is 2.00 bits per heavy atom. The van der Waals surface area contributed by atoms with Crippen molar-refractivity contribution in [3.63, 3.8) is 0 Å². The van der Waals surface area contributed by atoms with Crippen LogP contribution in [-0.2, 0) is 16.1 Å². The lowest BCUT2D eigenvalue weighted by Gasteiger charge is -2.05. The van der Waals surface area contributed by atoms with E-state index in [0.29, 0.717) is 11.7 Å². The Kier molecular flexibility index (Phi) is 6.29. The summed E-state index contributed by atoms with van der Waals surface area (Å²) in [4.78, 5) is 27.0. The summed E-state index contributed by atoms with van der Waals surface area (Å²) in [5.74, 6) is -0.134. The summed E-state index contributed by atoms with van der Waals surface area (Å²) in [5.41, 5.74) is 2.82. The van der Waals surface area contributed by atoms with E-state index in [0.717, 1.165) is 23.2 Å². The van der Waals surface area contributed by atoms with Crippen molar-refractivity contribution in [2.45, 2.75) is 31.6 Å². The largest absolute Gasteiger partial charge is 0.352 e. The SMILES string of the molecule is CCC(Br)C(=O)Nc1nc(-c2ccc(CNC(C)=O)cc2)cs1. The molecule has 0 aliphatic rings. The number of benzene rings is 1. The quantitative estimate of drug-likeness (QED) is 0.734. The summed E-state index contributed by atoms with van der Waals surface area (Å²) in [6.45, 7) is 3.95. The second-order valence-electron chi connectivity index (χ2n) is 5.01. The van der Waals surface area contributed by atoms with E-state index in [1.165, 1.54) is 18.3 Å². The predicted octanol–water partition coefficient (Wildman–Crippen LogP) is 3.56. The van der Waals surface area contributed by atoms with Crippen LogP contribution in [0.3, 0.4) is 0 Å². The number of aromatic nitrogens is 1. The molecular formula is C16H18BrN3O2S. The molecule has 1 atom stereocenters. The molecule has 1 aromatic heterocycles. The summed E-state index contributed by atoms with van der Waals surface area (Å²) in [6.07, 6.45) is 0.722. The van der Waals surface area contributed by atoms with Gasteiger partial charge in [0.2, 0.25) is 11.8 Å². The van der Waals surface area contributed by atoms with Gasteiger partial charge in [0.25, 0.3) is 0 Å². The van der Waals surface area contributed by atoms with Gasteiger partial charge in [-0.15, -0.1) is 11.3 Å². The van der Waals surface area contributed by atoms with Gasteiger partial charge in [-0.1, -0.05) is 47.1 Å². The first kappa shape index (κ1) is 17.6. The molecule has 2 aromatic rings. The average Bonchev–Trinajstić information content (AvgIpc) is 3.01. The van der Waals surface area contributed by atoms with E-state index in [1.54, 1.807) is 0 Å². The zero-order valence-corrected chi connectivity index (χ0v) is 15.3. The van der Waals surface area contributed by atoms with Crippen LogP contribution in [0.1, 0.15) is 25.8 Å². The molecule has 0 radical (unpaired) electrons. The first-order valence-electron chi connectivity index (χ1n) is 7.23. The van der Waals surface area contributed by atoms with Crippen molar-refractivity contribution < 1.29 is 9.59 Å². The maximum Gasteiger partial charge on any atom is 0.239 e. The van der Waals surface area contributed by atoms with Crippen LogP contribution >= 0.6 is 27.3 Å². The van der Waals surface area contributed by atoms with Crippen molar-refractivity contribution in [1.29, 1.82) is 0 Å². The van der Waals surface area contributed by atoms with E-state index in [-0.39, 0.29) is 16.6 Å². The second kappa shape index (κ2) is 8.21. The minimum absolute atomic E-state index is 0.0499. The maximum atomic E-state index is 11.8. The lowest BCUT2D eigenvalue weighted by molar-refractivity contribution is -0.119. The molecule has 2 rings (SSSR count). The monoisotopic (exact) mass is 395 g/mol. The first-order chi connectivity index (χ1) is 11.0. The van der Waals surface area contributed by atoms with Crippen molar-refractivity contribution in [3.8, 4) is 11.3 Å². The topological polar surface area (TPSA) is 71.1 Å². The number of carbonyl (C=O) groups is 2. The normalized spacial score (nSPS) is 11.8. The molecule has 0 fully saturated rings. The van der Waals surface area contributed by atoms with E-state index in [4.69, 9.17) is 0 Å². The molecule has 7 heteroatoms. The number of amides is 2. The Morgan fingerprint density at radius 1 is 1.30 bits per heavy atom. The lowest BCUT2D eigenvalue weighted by atomic mass is 10.1. The second-order valence-corrected chi connectivity index (χ2v) is 6.97. The number of halogens is 1. The predicted molar refractivity (Wildman–Crippen MR) is 96.7 cm³/mol. The van der Waals surface area contributed by atoms with Crippen LogP contribution in [0.25, 0.3) is 11.3 Å². The molecule has 23 heavy (non-hydrogen) atoms. The fourth-order valence-corrected chi connectivity index (χ4v) is 2.69. The van der Waals surface area contributed by atoms with Crippen LogP contribution in [-0.4, -0.2) is 21.6 Å². The van der Waals surface area contributed by atoms with E-state index >= 15 is 0 Å². The zero-order chi connectivity index (χ0) is 16.8. The number of nitrogens with zero attached hydrogens (tertiary/aromatic N) is 1. The van der Waals surface area contributed by atoms with E-state index in [1.807, 2.05) is 36.6 Å². The zero-order valence-electron chi connectivity index (χ0n) is 12.9. The number of anilines is 1. The Labute approximate surface area is 147 Å². The third-order valence-corrected chi connectivity index (χ3v) is 4.99. The molecule has 1 unspecified atom stereocenters. The fourth-order valence-electron chi connectivity index (χ4n) is 1.85. The summed E-state index contributed by atoms with van der Waals surface area (Å²) >= 11 is 4.72. The third-order valence-electron chi connectivity index (χ3n) is 3.17. The minimum Gasteiger partial charge on any atom is -0.352 e. The molecule has 2 amide bonds. The molecule has 2 N–H and O–H groups in total. The highest BCUT2D eigenvalue weighted by molar-refractivity contribution is 9.10. The molecule has 0 spiro atoms. The summed E-state index contributed by atoms with van der Waals surface area (Å²) in [7, 11) is 0. The van der Waals surface area contributed by atoms with Gasteiger partial charge in [-0.3, -0.25) is 9.59 Å². The average molecular weight is 396 g/mol. The highest BCUT2D eigenvalue weighted by Gasteiger charge is 2.14. The number of hydrogen-bond donors (Lipinski definition) is 2. The molecule has 0 saturated carbocycles. The van der Waals surface area contributed by atoms with Crippen molar-refractivity contribution in [3.05, 3.63) is 35.2 Å². The molecule has 5 nitrogen and oxygen atoms in total. The van der Waals surface area contributed by atoms with Gasteiger partial charge in [0.1, 0.15) is 0 Å². The van der Waals surface area contributed by atoms with Gasteiger partial charge in [0.15, 0.2) is 5.13 Å². The van der Waals surface area contributed by atoms with Gasteiger partial charge in [-0.25, -0.2) is 4.98 Å². The van der Waals surface area contributed by atoms with Crippen LogP contribution in [0.4, 0.5) is 5.13 Å². The summed E-state index contributed by atoms with van der Waals surface area (Å²) in [6, 6.07) is 7.82. The number of thiazole rings is 1. The van der Waals surface area contributed by atoms with Gasteiger partial charge in [0, 0.05) is 24.4 Å². The summed E-state index contributed by atoms with van der Waals surface area (Å²) in [5, 5.41) is 8.06. The van der Waals surface area contributed by atoms with Crippen molar-refractivity contribution in [2.75, 3.05) is 5.32 Å². The first-order valence-corrected chi connectivity index (χ1v) is 9.03. The fraction of sp³-hybridized carbons (Fsp3) is 0.312. The molecule has 0 bridgehead atoms. The van der Waals surface area contributed by atoms with Crippen molar-refractivity contribution in [1.82, 2.24) is 10.3 Å². The van der Waals surface area contributed by atoms with Gasteiger partial charge < -0.3 is 10.6 Å².